The van der Waals surface area contributed by atoms with Crippen LogP contribution in [0.1, 0.15) is 11.1 Å². The van der Waals surface area contributed by atoms with Crippen LogP contribution in [0.3, 0.4) is 0 Å². The molecular formula is C18H24F3IN4O. The van der Waals surface area contributed by atoms with Crippen molar-refractivity contribution >= 4 is 29.9 Å². The van der Waals surface area contributed by atoms with E-state index in [1.165, 1.54) is 0 Å². The first-order chi connectivity index (χ1) is 12.5. The molecule has 1 heterocycles. The second kappa shape index (κ2) is 11.9. The molecule has 0 amide bonds. The van der Waals surface area contributed by atoms with Crippen LogP contribution in [0, 0.1) is 0 Å². The van der Waals surface area contributed by atoms with E-state index in [2.05, 4.69) is 24.9 Å². The number of alkyl halides is 3. The molecule has 0 aliphatic heterocycles. The van der Waals surface area contributed by atoms with E-state index in [1.54, 1.807) is 19.2 Å². The van der Waals surface area contributed by atoms with Gasteiger partial charge in [0.1, 0.15) is 6.61 Å². The third-order valence-corrected chi connectivity index (χ3v) is 3.57. The van der Waals surface area contributed by atoms with Gasteiger partial charge in [-0.2, -0.15) is 13.2 Å². The molecule has 0 fully saturated rings. The van der Waals surface area contributed by atoms with Crippen LogP contribution in [0.4, 0.5) is 13.2 Å². The minimum atomic E-state index is -4.30. The second-order valence-corrected chi connectivity index (χ2v) is 5.70. The lowest BCUT2D eigenvalue weighted by atomic mass is 10.1. The standard InChI is InChI=1S/C18H23F3N4O.HI/c1-22-17(23-8-11-25-9-2-3-10-25)24-12-15-4-6-16(7-5-15)13-26-14-18(19,20)21;/h2-7,9-10H,8,11-14H2,1H3,(H2,22,23,24);1H. The predicted molar refractivity (Wildman–Crippen MR) is 110 cm³/mol. The smallest absolute Gasteiger partial charge is 0.367 e. The molecule has 150 valence electrons. The van der Waals surface area contributed by atoms with Crippen molar-refractivity contribution in [2.24, 2.45) is 4.99 Å². The number of nitrogens with zero attached hydrogens (tertiary/aromatic N) is 2. The highest BCUT2D eigenvalue weighted by atomic mass is 127. The molecule has 2 rings (SSSR count). The first kappa shape index (κ1) is 23.3. The second-order valence-electron chi connectivity index (χ2n) is 5.70. The van der Waals surface area contributed by atoms with Crippen molar-refractivity contribution in [1.82, 2.24) is 15.2 Å². The monoisotopic (exact) mass is 496 g/mol. The van der Waals surface area contributed by atoms with Gasteiger partial charge in [-0.3, -0.25) is 4.99 Å². The summed E-state index contributed by atoms with van der Waals surface area (Å²) in [6.45, 7) is 0.841. The fourth-order valence-electron chi connectivity index (χ4n) is 2.27. The third-order valence-electron chi connectivity index (χ3n) is 3.57. The first-order valence-corrected chi connectivity index (χ1v) is 8.24. The quantitative estimate of drug-likeness (QED) is 0.334. The zero-order chi connectivity index (χ0) is 18.8. The Labute approximate surface area is 174 Å². The van der Waals surface area contributed by atoms with Crippen LogP contribution >= 0.6 is 24.0 Å². The fraction of sp³-hybridized carbons (Fsp3) is 0.389. The molecule has 9 heteroatoms. The molecule has 0 radical (unpaired) electrons. The van der Waals surface area contributed by atoms with Gasteiger partial charge in [-0.15, -0.1) is 24.0 Å². The van der Waals surface area contributed by atoms with Crippen molar-refractivity contribution in [2.75, 3.05) is 20.2 Å². The van der Waals surface area contributed by atoms with Gasteiger partial charge in [-0.25, -0.2) is 0 Å². The van der Waals surface area contributed by atoms with Gasteiger partial charge >= 0.3 is 6.18 Å². The molecule has 1 aromatic carbocycles. The van der Waals surface area contributed by atoms with E-state index in [1.807, 2.05) is 36.7 Å². The number of rotatable bonds is 8. The molecule has 0 saturated heterocycles. The Balaban J connectivity index is 0.00000364. The predicted octanol–water partition coefficient (Wildman–Crippen LogP) is 3.55. The minimum Gasteiger partial charge on any atom is -0.367 e. The maximum Gasteiger partial charge on any atom is 0.411 e. The largest absolute Gasteiger partial charge is 0.411 e. The van der Waals surface area contributed by atoms with Crippen molar-refractivity contribution in [1.29, 1.82) is 0 Å². The summed E-state index contributed by atoms with van der Waals surface area (Å²) in [6, 6.07) is 11.2. The Morgan fingerprint density at radius 1 is 1.07 bits per heavy atom. The van der Waals surface area contributed by atoms with Crippen LogP contribution in [-0.4, -0.2) is 36.9 Å². The average molecular weight is 496 g/mol. The lowest BCUT2D eigenvalue weighted by Crippen LogP contribution is -2.38. The fourth-order valence-corrected chi connectivity index (χ4v) is 2.27. The number of hydrogen-bond acceptors (Lipinski definition) is 2. The van der Waals surface area contributed by atoms with E-state index >= 15 is 0 Å². The minimum absolute atomic E-state index is 0. The maximum atomic E-state index is 12.0. The lowest BCUT2D eigenvalue weighted by molar-refractivity contribution is -0.176. The van der Waals surface area contributed by atoms with Gasteiger partial charge in [0.2, 0.25) is 0 Å². The van der Waals surface area contributed by atoms with Gasteiger partial charge in [0, 0.05) is 39.1 Å². The highest BCUT2D eigenvalue weighted by Gasteiger charge is 2.27. The summed E-state index contributed by atoms with van der Waals surface area (Å²) < 4.78 is 42.9. The van der Waals surface area contributed by atoms with Crippen molar-refractivity contribution in [3.63, 3.8) is 0 Å². The van der Waals surface area contributed by atoms with Crippen LogP contribution in [0.15, 0.2) is 53.8 Å². The summed E-state index contributed by atoms with van der Waals surface area (Å²) in [7, 11) is 1.70. The Hall–Kier alpha value is -1.75. The van der Waals surface area contributed by atoms with Crippen LogP contribution in [-0.2, 0) is 24.4 Å². The van der Waals surface area contributed by atoms with Gasteiger partial charge < -0.3 is 19.9 Å². The molecule has 0 atom stereocenters. The van der Waals surface area contributed by atoms with Crippen LogP contribution in [0.5, 0.6) is 0 Å². The molecule has 0 saturated carbocycles. The Kier molecular flexibility index (Phi) is 10.2. The highest BCUT2D eigenvalue weighted by Crippen LogP contribution is 2.15. The molecule has 1 aromatic heterocycles. The van der Waals surface area contributed by atoms with Gasteiger partial charge in [-0.1, -0.05) is 24.3 Å². The highest BCUT2D eigenvalue weighted by molar-refractivity contribution is 14.0. The zero-order valence-corrected chi connectivity index (χ0v) is 17.3. The summed E-state index contributed by atoms with van der Waals surface area (Å²) in [5, 5.41) is 6.42. The lowest BCUT2D eigenvalue weighted by Gasteiger charge is -2.13. The van der Waals surface area contributed by atoms with E-state index in [4.69, 9.17) is 0 Å². The Bertz CT molecular complexity index is 673. The van der Waals surface area contributed by atoms with Gasteiger partial charge in [-0.05, 0) is 23.3 Å². The number of ether oxygens (including phenoxy) is 1. The van der Waals surface area contributed by atoms with Crippen molar-refractivity contribution in [2.45, 2.75) is 25.9 Å². The summed E-state index contributed by atoms with van der Waals surface area (Å²) >= 11 is 0. The van der Waals surface area contributed by atoms with Crippen molar-refractivity contribution in [3.8, 4) is 0 Å². The molecule has 2 aromatic rings. The molecule has 0 aliphatic carbocycles. The van der Waals surface area contributed by atoms with Crippen LogP contribution in [0.2, 0.25) is 0 Å². The average Bonchev–Trinajstić information content (AvgIpc) is 3.11. The van der Waals surface area contributed by atoms with Gasteiger partial charge in [0.25, 0.3) is 0 Å². The van der Waals surface area contributed by atoms with Gasteiger partial charge in [0.05, 0.1) is 6.61 Å². The summed E-state index contributed by atoms with van der Waals surface area (Å²) in [6.07, 6.45) is -0.302. The number of guanidine groups is 1. The molecule has 27 heavy (non-hydrogen) atoms. The Morgan fingerprint density at radius 2 is 1.70 bits per heavy atom. The topological polar surface area (TPSA) is 50.6 Å². The van der Waals surface area contributed by atoms with Crippen LogP contribution < -0.4 is 10.6 Å². The molecule has 0 unspecified atom stereocenters. The van der Waals surface area contributed by atoms with E-state index in [0.717, 1.165) is 18.7 Å². The molecule has 0 spiro atoms. The number of nitrogens with one attached hydrogen (secondary N) is 2. The maximum absolute atomic E-state index is 12.0. The summed E-state index contributed by atoms with van der Waals surface area (Å²) in [5.41, 5.74) is 1.70. The van der Waals surface area contributed by atoms with Gasteiger partial charge in [0.15, 0.2) is 5.96 Å². The zero-order valence-electron chi connectivity index (χ0n) is 15.0. The molecule has 0 aliphatic rings. The number of benzene rings is 1. The van der Waals surface area contributed by atoms with E-state index < -0.39 is 12.8 Å². The number of halogens is 4. The normalized spacial score (nSPS) is 11.8. The van der Waals surface area contributed by atoms with E-state index in [-0.39, 0.29) is 30.6 Å². The molecule has 5 nitrogen and oxygen atoms in total. The third kappa shape index (κ3) is 9.66. The summed E-state index contributed by atoms with van der Waals surface area (Å²) in [5.74, 6) is 0.690. The van der Waals surface area contributed by atoms with E-state index in [0.29, 0.717) is 18.1 Å². The SMILES string of the molecule is CN=C(NCCn1cccc1)NCc1ccc(COCC(F)(F)F)cc1.I. The molecule has 2 N–H and O–H groups in total. The number of hydrogen-bond donors (Lipinski definition) is 2. The summed E-state index contributed by atoms with van der Waals surface area (Å²) in [4.78, 5) is 4.16. The van der Waals surface area contributed by atoms with Crippen LogP contribution in [0.25, 0.3) is 0 Å². The molecule has 0 bridgehead atoms. The van der Waals surface area contributed by atoms with Crippen molar-refractivity contribution in [3.05, 3.63) is 59.9 Å². The van der Waals surface area contributed by atoms with E-state index in [9.17, 15) is 13.2 Å². The molecular weight excluding hydrogens is 472 g/mol. The number of aliphatic imine (C=N–C) groups is 1. The van der Waals surface area contributed by atoms with Crippen molar-refractivity contribution < 1.29 is 17.9 Å². The Morgan fingerprint density at radius 3 is 2.30 bits per heavy atom. The number of aromatic nitrogens is 1. The first-order valence-electron chi connectivity index (χ1n) is 8.24.